The minimum atomic E-state index is -0.573. The first-order valence-electron chi connectivity index (χ1n) is 6.42. The van der Waals surface area contributed by atoms with Gasteiger partial charge in [-0.3, -0.25) is 20.2 Å². The van der Waals surface area contributed by atoms with Gasteiger partial charge in [0.25, 0.3) is 5.69 Å². The van der Waals surface area contributed by atoms with Crippen molar-refractivity contribution in [2.75, 3.05) is 13.7 Å². The van der Waals surface area contributed by atoms with Crippen molar-refractivity contribution in [1.82, 2.24) is 5.32 Å². The van der Waals surface area contributed by atoms with Gasteiger partial charge in [-0.2, -0.15) is 0 Å². The lowest BCUT2D eigenvalue weighted by Gasteiger charge is -2.17. The summed E-state index contributed by atoms with van der Waals surface area (Å²) in [5, 5.41) is 13.8. The Morgan fingerprint density at radius 2 is 2.29 bits per heavy atom. The van der Waals surface area contributed by atoms with E-state index in [0.717, 1.165) is 12.8 Å². The summed E-state index contributed by atoms with van der Waals surface area (Å²) in [6.45, 7) is 0.0668. The Morgan fingerprint density at radius 3 is 2.81 bits per heavy atom. The highest BCUT2D eigenvalue weighted by molar-refractivity contribution is 6.32. The molecule has 1 aliphatic rings. The van der Waals surface area contributed by atoms with Crippen molar-refractivity contribution < 1.29 is 19.2 Å². The molecule has 1 fully saturated rings. The van der Waals surface area contributed by atoms with Gasteiger partial charge in [-0.05, 0) is 18.9 Å². The fraction of sp³-hybridized carbons (Fsp3) is 0.462. The molecule has 0 aromatic heterocycles. The molecule has 0 aliphatic heterocycles. The summed E-state index contributed by atoms with van der Waals surface area (Å²) in [4.78, 5) is 21.7. The fourth-order valence-corrected chi connectivity index (χ4v) is 2.01. The quantitative estimate of drug-likeness (QED) is 0.470. The van der Waals surface area contributed by atoms with Crippen LogP contribution in [0.3, 0.4) is 0 Å². The van der Waals surface area contributed by atoms with Crippen LogP contribution in [0.5, 0.6) is 5.75 Å². The van der Waals surface area contributed by atoms with Crippen LogP contribution in [0.15, 0.2) is 18.2 Å². The smallest absolute Gasteiger partial charge is 0.326 e. The van der Waals surface area contributed by atoms with Gasteiger partial charge in [0.05, 0.1) is 12.0 Å². The summed E-state index contributed by atoms with van der Waals surface area (Å²) >= 11 is 5.79. The minimum absolute atomic E-state index is 0.0118. The van der Waals surface area contributed by atoms with E-state index >= 15 is 0 Å². The van der Waals surface area contributed by atoms with E-state index in [0.29, 0.717) is 11.8 Å². The molecule has 114 valence electrons. The van der Waals surface area contributed by atoms with Crippen LogP contribution < -0.4 is 10.1 Å². The molecule has 1 aromatic rings. The van der Waals surface area contributed by atoms with E-state index in [2.05, 4.69) is 5.32 Å². The van der Waals surface area contributed by atoms with Gasteiger partial charge in [-0.15, -0.1) is 0 Å². The molecule has 21 heavy (non-hydrogen) atoms. The minimum Gasteiger partial charge on any atom is -0.491 e. The molecule has 0 amide bonds. The van der Waals surface area contributed by atoms with Gasteiger partial charge in [-0.25, -0.2) is 0 Å². The molecular formula is C13H15ClN2O5. The molecule has 0 heterocycles. The lowest BCUT2D eigenvalue weighted by molar-refractivity contribution is -0.384. The Bertz CT molecular complexity index is 547. The van der Waals surface area contributed by atoms with Crippen LogP contribution >= 0.6 is 11.6 Å². The first kappa shape index (κ1) is 15.5. The zero-order chi connectivity index (χ0) is 15.4. The highest BCUT2D eigenvalue weighted by Crippen LogP contribution is 2.28. The Kier molecular flexibility index (Phi) is 4.98. The van der Waals surface area contributed by atoms with Crippen LogP contribution in [-0.4, -0.2) is 36.7 Å². The summed E-state index contributed by atoms with van der Waals surface area (Å²) in [6.07, 6.45) is 2.05. The number of nitro groups is 1. The van der Waals surface area contributed by atoms with Crippen LogP contribution in [0.4, 0.5) is 5.69 Å². The third kappa shape index (κ3) is 4.30. The number of carbonyl (C=O) groups excluding carboxylic acids is 1. The Hall–Kier alpha value is -1.86. The summed E-state index contributed by atoms with van der Waals surface area (Å²) < 4.78 is 10.2. The lowest BCUT2D eigenvalue weighted by atomic mass is 10.3. The van der Waals surface area contributed by atoms with Crippen molar-refractivity contribution in [3.63, 3.8) is 0 Å². The van der Waals surface area contributed by atoms with E-state index in [-0.39, 0.29) is 17.3 Å². The third-order valence-electron chi connectivity index (χ3n) is 3.03. The predicted molar refractivity (Wildman–Crippen MR) is 75.6 cm³/mol. The van der Waals surface area contributed by atoms with Gasteiger partial charge in [0.15, 0.2) is 0 Å². The first-order valence-corrected chi connectivity index (χ1v) is 6.79. The molecule has 0 bridgehead atoms. The largest absolute Gasteiger partial charge is 0.491 e. The van der Waals surface area contributed by atoms with E-state index in [1.54, 1.807) is 0 Å². The molecule has 2 rings (SSSR count). The second-order valence-electron chi connectivity index (χ2n) is 4.70. The summed E-state index contributed by atoms with van der Waals surface area (Å²) in [5.74, 6) is -0.0491. The van der Waals surface area contributed by atoms with Gasteiger partial charge < -0.3 is 9.47 Å². The molecule has 1 aliphatic carbocycles. The van der Waals surface area contributed by atoms with Gasteiger partial charge in [0.2, 0.25) is 0 Å². The number of nitrogens with zero attached hydrogens (tertiary/aromatic N) is 1. The van der Waals surface area contributed by atoms with Crippen molar-refractivity contribution in [2.24, 2.45) is 0 Å². The number of halogens is 1. The van der Waals surface area contributed by atoms with Crippen LogP contribution in [0, 0.1) is 10.1 Å². The average Bonchev–Trinajstić information content (AvgIpc) is 3.26. The van der Waals surface area contributed by atoms with E-state index in [4.69, 9.17) is 21.1 Å². The second kappa shape index (κ2) is 6.73. The molecule has 7 nitrogen and oxygen atoms in total. The maximum Gasteiger partial charge on any atom is 0.326 e. The summed E-state index contributed by atoms with van der Waals surface area (Å²) in [6, 6.07) is 3.80. The number of ether oxygens (including phenoxy) is 2. The van der Waals surface area contributed by atoms with Crippen molar-refractivity contribution in [2.45, 2.75) is 24.9 Å². The van der Waals surface area contributed by atoms with Gasteiger partial charge in [0, 0.05) is 18.2 Å². The van der Waals surface area contributed by atoms with E-state index in [9.17, 15) is 14.9 Å². The highest BCUT2D eigenvalue weighted by atomic mass is 35.5. The monoisotopic (exact) mass is 314 g/mol. The maximum absolute atomic E-state index is 11.6. The number of nitrogens with one attached hydrogen (secondary N) is 1. The molecule has 8 heteroatoms. The van der Waals surface area contributed by atoms with E-state index < -0.39 is 16.9 Å². The Labute approximate surface area is 126 Å². The Morgan fingerprint density at radius 1 is 1.57 bits per heavy atom. The van der Waals surface area contributed by atoms with Crippen molar-refractivity contribution in [3.05, 3.63) is 33.3 Å². The van der Waals surface area contributed by atoms with Crippen molar-refractivity contribution >= 4 is 23.3 Å². The number of hydrogen-bond donors (Lipinski definition) is 1. The van der Waals surface area contributed by atoms with Crippen LogP contribution in [0.1, 0.15) is 12.8 Å². The SMILES string of the molecule is COC(=O)C(COc1ccc([N+](=O)[O-])c(Cl)c1)NC1CC1. The van der Waals surface area contributed by atoms with Gasteiger partial charge >= 0.3 is 5.97 Å². The molecular weight excluding hydrogens is 300 g/mol. The fourth-order valence-electron chi connectivity index (χ4n) is 1.77. The molecule has 1 saturated carbocycles. The molecule has 0 saturated heterocycles. The topological polar surface area (TPSA) is 90.7 Å². The Balaban J connectivity index is 1.97. The van der Waals surface area contributed by atoms with Crippen molar-refractivity contribution in [1.29, 1.82) is 0 Å². The maximum atomic E-state index is 11.6. The number of hydrogen-bond acceptors (Lipinski definition) is 6. The van der Waals surface area contributed by atoms with Gasteiger partial charge in [0.1, 0.15) is 23.4 Å². The second-order valence-corrected chi connectivity index (χ2v) is 5.11. The highest BCUT2D eigenvalue weighted by Gasteiger charge is 2.29. The lowest BCUT2D eigenvalue weighted by Crippen LogP contribution is -2.43. The standard InChI is InChI=1S/C13H15ClN2O5/c1-20-13(17)11(15-8-2-3-8)7-21-9-4-5-12(16(18)19)10(14)6-9/h4-6,8,11,15H,2-3,7H2,1H3. The molecule has 0 spiro atoms. The van der Waals surface area contributed by atoms with Crippen LogP contribution in [0.2, 0.25) is 5.02 Å². The van der Waals surface area contributed by atoms with Crippen LogP contribution in [-0.2, 0) is 9.53 Å². The summed E-state index contributed by atoms with van der Waals surface area (Å²) in [7, 11) is 1.31. The number of nitro benzene ring substituents is 1. The summed E-state index contributed by atoms with van der Waals surface area (Å²) in [5.41, 5.74) is -0.190. The molecule has 1 unspecified atom stereocenters. The number of benzene rings is 1. The molecule has 0 radical (unpaired) electrons. The van der Waals surface area contributed by atoms with E-state index in [1.165, 1.54) is 25.3 Å². The zero-order valence-electron chi connectivity index (χ0n) is 11.4. The number of methoxy groups -OCH3 is 1. The first-order chi connectivity index (χ1) is 10.0. The van der Waals surface area contributed by atoms with Crippen molar-refractivity contribution in [3.8, 4) is 5.75 Å². The number of carbonyl (C=O) groups is 1. The predicted octanol–water partition coefficient (Wildman–Crippen LogP) is 1.92. The van der Waals surface area contributed by atoms with Gasteiger partial charge in [-0.1, -0.05) is 11.6 Å². The average molecular weight is 315 g/mol. The normalized spacial score (nSPS) is 15.3. The zero-order valence-corrected chi connectivity index (χ0v) is 12.1. The molecule has 1 aromatic carbocycles. The number of esters is 1. The molecule has 1 N–H and O–H groups in total. The number of rotatable bonds is 7. The van der Waals surface area contributed by atoms with E-state index in [1.807, 2.05) is 0 Å². The third-order valence-corrected chi connectivity index (χ3v) is 3.34. The van der Waals surface area contributed by atoms with Crippen LogP contribution in [0.25, 0.3) is 0 Å². The molecule has 1 atom stereocenters.